The van der Waals surface area contributed by atoms with Crippen molar-refractivity contribution >= 4 is 23.6 Å². The van der Waals surface area contributed by atoms with Crippen molar-refractivity contribution in [3.8, 4) is 0 Å². The van der Waals surface area contributed by atoms with Crippen molar-refractivity contribution < 1.29 is 14.7 Å². The summed E-state index contributed by atoms with van der Waals surface area (Å²) in [5.74, 6) is -0.930. The minimum atomic E-state index is -0.965. The van der Waals surface area contributed by atoms with Gasteiger partial charge in [0.15, 0.2) is 0 Å². The average molecular weight is 307 g/mol. The number of rotatable bonds is 7. The summed E-state index contributed by atoms with van der Waals surface area (Å²) in [5.41, 5.74) is 2.80. The number of thioether (sulfide) groups is 1. The van der Waals surface area contributed by atoms with Crippen LogP contribution in [0.2, 0.25) is 0 Å². The number of carbonyl (C=O) groups excluding carboxylic acids is 1. The van der Waals surface area contributed by atoms with Crippen LogP contribution in [-0.2, 0) is 22.4 Å². The Morgan fingerprint density at radius 3 is 2.81 bits per heavy atom. The molecule has 1 aromatic carbocycles. The van der Waals surface area contributed by atoms with Crippen LogP contribution in [0.5, 0.6) is 0 Å². The normalized spacial score (nSPS) is 14.5. The zero-order chi connectivity index (χ0) is 15.2. The number of fused-ring (bicyclic) bond motifs is 1. The summed E-state index contributed by atoms with van der Waals surface area (Å²) >= 11 is 1.46. The van der Waals surface area contributed by atoms with E-state index in [1.165, 1.54) is 29.3 Å². The second-order valence-corrected chi connectivity index (χ2v) is 6.37. The quantitative estimate of drug-likeness (QED) is 0.760. The lowest BCUT2D eigenvalue weighted by molar-refractivity contribution is -0.141. The lowest BCUT2D eigenvalue weighted by atomic mass is 10.1. The van der Waals surface area contributed by atoms with E-state index in [2.05, 4.69) is 17.4 Å². The van der Waals surface area contributed by atoms with Gasteiger partial charge in [0.25, 0.3) is 0 Å². The van der Waals surface area contributed by atoms with Crippen molar-refractivity contribution in [1.29, 1.82) is 0 Å². The van der Waals surface area contributed by atoms with Crippen molar-refractivity contribution in [1.82, 2.24) is 5.32 Å². The monoisotopic (exact) mass is 307 g/mol. The Hall–Kier alpha value is -1.49. The number of benzene rings is 1. The molecule has 0 fully saturated rings. The highest BCUT2D eigenvalue weighted by Crippen LogP contribution is 2.27. The van der Waals surface area contributed by atoms with Crippen molar-refractivity contribution in [2.45, 2.75) is 50.0 Å². The van der Waals surface area contributed by atoms with Crippen LogP contribution in [0.25, 0.3) is 0 Å². The molecule has 0 aromatic heterocycles. The second-order valence-electron chi connectivity index (χ2n) is 5.32. The molecule has 1 aliphatic rings. The van der Waals surface area contributed by atoms with Crippen molar-refractivity contribution in [3.05, 3.63) is 29.3 Å². The molecule has 4 nitrogen and oxygen atoms in total. The first kappa shape index (κ1) is 15.9. The van der Waals surface area contributed by atoms with Gasteiger partial charge in [-0.1, -0.05) is 19.4 Å². The van der Waals surface area contributed by atoms with Gasteiger partial charge in [-0.3, -0.25) is 4.79 Å². The largest absolute Gasteiger partial charge is 0.480 e. The van der Waals surface area contributed by atoms with E-state index in [-0.39, 0.29) is 11.7 Å². The lowest BCUT2D eigenvalue weighted by Gasteiger charge is -2.13. The van der Waals surface area contributed by atoms with Crippen LogP contribution in [0.15, 0.2) is 23.1 Å². The fraction of sp³-hybridized carbons (Fsp3) is 0.500. The summed E-state index contributed by atoms with van der Waals surface area (Å²) in [7, 11) is 0. The Kier molecular flexibility index (Phi) is 5.67. The van der Waals surface area contributed by atoms with E-state index in [9.17, 15) is 9.59 Å². The molecule has 0 aliphatic heterocycles. The van der Waals surface area contributed by atoms with Gasteiger partial charge in [0, 0.05) is 4.90 Å². The SMILES string of the molecule is CCCC(NC(=O)CSc1ccc2c(c1)CCC2)C(=O)O. The molecule has 1 amide bonds. The van der Waals surface area contributed by atoms with Gasteiger partial charge in [-0.25, -0.2) is 4.79 Å². The standard InChI is InChI=1S/C16H21NO3S/c1-2-4-14(16(19)20)17-15(18)10-21-13-8-7-11-5-3-6-12(11)9-13/h7-9,14H,2-6,10H2,1H3,(H,17,18)(H,19,20). The van der Waals surface area contributed by atoms with Gasteiger partial charge >= 0.3 is 5.97 Å². The summed E-state index contributed by atoms with van der Waals surface area (Å²) in [6.45, 7) is 1.90. The minimum Gasteiger partial charge on any atom is -0.480 e. The Balaban J connectivity index is 1.84. The zero-order valence-electron chi connectivity index (χ0n) is 12.2. The maximum atomic E-state index is 11.8. The lowest BCUT2D eigenvalue weighted by Crippen LogP contribution is -2.41. The smallest absolute Gasteiger partial charge is 0.326 e. The van der Waals surface area contributed by atoms with E-state index in [4.69, 9.17) is 5.11 Å². The molecular formula is C16H21NO3S. The van der Waals surface area contributed by atoms with Gasteiger partial charge < -0.3 is 10.4 Å². The molecule has 5 heteroatoms. The Morgan fingerprint density at radius 2 is 2.10 bits per heavy atom. The van der Waals surface area contributed by atoms with Crippen molar-refractivity contribution in [2.24, 2.45) is 0 Å². The highest BCUT2D eigenvalue weighted by molar-refractivity contribution is 8.00. The predicted molar refractivity (Wildman–Crippen MR) is 83.7 cm³/mol. The third kappa shape index (κ3) is 4.49. The third-order valence-electron chi connectivity index (χ3n) is 3.65. The van der Waals surface area contributed by atoms with Crippen LogP contribution < -0.4 is 5.32 Å². The fourth-order valence-corrected chi connectivity index (χ4v) is 3.34. The topological polar surface area (TPSA) is 66.4 Å². The van der Waals surface area contributed by atoms with Crippen LogP contribution in [0.1, 0.15) is 37.3 Å². The molecule has 21 heavy (non-hydrogen) atoms. The molecule has 2 N–H and O–H groups in total. The number of hydrogen-bond acceptors (Lipinski definition) is 3. The number of carbonyl (C=O) groups is 2. The van der Waals surface area contributed by atoms with Gasteiger partial charge in [-0.15, -0.1) is 11.8 Å². The molecule has 1 atom stereocenters. The minimum absolute atomic E-state index is 0.221. The van der Waals surface area contributed by atoms with E-state index in [0.29, 0.717) is 6.42 Å². The highest BCUT2D eigenvalue weighted by atomic mass is 32.2. The van der Waals surface area contributed by atoms with Crippen LogP contribution in [0, 0.1) is 0 Å². The molecule has 1 aromatic rings. The molecule has 0 bridgehead atoms. The van der Waals surface area contributed by atoms with Crippen molar-refractivity contribution in [3.63, 3.8) is 0 Å². The van der Waals surface area contributed by atoms with Gasteiger partial charge in [-0.2, -0.15) is 0 Å². The van der Waals surface area contributed by atoms with Crippen LogP contribution in [0.4, 0.5) is 0 Å². The van der Waals surface area contributed by atoms with E-state index < -0.39 is 12.0 Å². The number of aryl methyl sites for hydroxylation is 2. The molecule has 0 saturated carbocycles. The van der Waals surface area contributed by atoms with Crippen LogP contribution in [0.3, 0.4) is 0 Å². The third-order valence-corrected chi connectivity index (χ3v) is 4.64. The number of amides is 1. The molecular weight excluding hydrogens is 286 g/mol. The predicted octanol–water partition coefficient (Wildman–Crippen LogP) is 2.64. The highest BCUT2D eigenvalue weighted by Gasteiger charge is 2.19. The van der Waals surface area contributed by atoms with Crippen LogP contribution in [-0.4, -0.2) is 28.8 Å². The number of nitrogens with one attached hydrogen (secondary N) is 1. The van der Waals surface area contributed by atoms with E-state index >= 15 is 0 Å². The maximum Gasteiger partial charge on any atom is 0.326 e. The molecule has 0 heterocycles. The number of aliphatic carboxylic acids is 1. The Labute approximate surface area is 129 Å². The summed E-state index contributed by atoms with van der Waals surface area (Å²) in [5, 5.41) is 11.6. The number of carboxylic acids is 1. The first-order chi connectivity index (χ1) is 10.1. The summed E-state index contributed by atoms with van der Waals surface area (Å²) in [6, 6.07) is 5.56. The van der Waals surface area contributed by atoms with Gasteiger partial charge in [-0.05, 0) is 48.9 Å². The van der Waals surface area contributed by atoms with Gasteiger partial charge in [0.2, 0.25) is 5.91 Å². The molecule has 1 aliphatic carbocycles. The Bertz CT molecular complexity index is 530. The van der Waals surface area contributed by atoms with E-state index in [0.717, 1.165) is 24.2 Å². The number of hydrogen-bond donors (Lipinski definition) is 2. The average Bonchev–Trinajstić information content (AvgIpc) is 2.92. The molecule has 114 valence electrons. The first-order valence-corrected chi connectivity index (χ1v) is 8.35. The van der Waals surface area contributed by atoms with Crippen LogP contribution >= 0.6 is 11.8 Å². The van der Waals surface area contributed by atoms with Gasteiger partial charge in [0.05, 0.1) is 5.75 Å². The van der Waals surface area contributed by atoms with E-state index in [1.54, 1.807) is 0 Å². The summed E-state index contributed by atoms with van der Waals surface area (Å²) in [4.78, 5) is 23.9. The van der Waals surface area contributed by atoms with Gasteiger partial charge in [0.1, 0.15) is 6.04 Å². The molecule has 0 spiro atoms. The molecule has 0 radical (unpaired) electrons. The fourth-order valence-electron chi connectivity index (χ4n) is 2.57. The molecule has 1 unspecified atom stereocenters. The number of carboxylic acid groups (broad SMARTS) is 1. The second kappa shape index (κ2) is 7.50. The van der Waals surface area contributed by atoms with E-state index in [1.807, 2.05) is 13.0 Å². The molecule has 0 saturated heterocycles. The summed E-state index contributed by atoms with van der Waals surface area (Å²) < 4.78 is 0. The summed E-state index contributed by atoms with van der Waals surface area (Å²) in [6.07, 6.45) is 4.67. The Morgan fingerprint density at radius 1 is 1.33 bits per heavy atom. The maximum absolute atomic E-state index is 11.8. The first-order valence-electron chi connectivity index (χ1n) is 7.37. The van der Waals surface area contributed by atoms with Crippen molar-refractivity contribution in [2.75, 3.05) is 5.75 Å². The molecule has 2 rings (SSSR count). The zero-order valence-corrected chi connectivity index (χ0v) is 13.0.